The van der Waals surface area contributed by atoms with E-state index in [1.807, 2.05) is 19.9 Å². The summed E-state index contributed by atoms with van der Waals surface area (Å²) < 4.78 is 19.1. The minimum Gasteiger partial charge on any atom is -0.375 e. The molecule has 3 heterocycles. The van der Waals surface area contributed by atoms with Crippen molar-refractivity contribution in [2.75, 3.05) is 11.9 Å². The fourth-order valence-corrected chi connectivity index (χ4v) is 3.04. The maximum atomic E-state index is 13.6. The number of fused-ring (bicyclic) bond motifs is 2. The predicted octanol–water partition coefficient (Wildman–Crippen LogP) is 3.75. The predicted molar refractivity (Wildman–Crippen MR) is 101 cm³/mol. The number of imidazole rings is 1. The largest absolute Gasteiger partial charge is 0.375 e. The van der Waals surface area contributed by atoms with Crippen molar-refractivity contribution in [2.45, 2.75) is 26.5 Å². The molecule has 2 N–H and O–H groups in total. The summed E-state index contributed by atoms with van der Waals surface area (Å²) in [5.74, 6) is 0.352. The van der Waals surface area contributed by atoms with E-state index in [-0.39, 0.29) is 11.9 Å². The van der Waals surface area contributed by atoms with E-state index in [4.69, 9.17) is 4.74 Å². The van der Waals surface area contributed by atoms with Gasteiger partial charge in [-0.05, 0) is 37.6 Å². The quantitative estimate of drug-likeness (QED) is 0.540. The fourth-order valence-electron chi connectivity index (χ4n) is 3.04. The zero-order chi connectivity index (χ0) is 18.8. The minimum atomic E-state index is -0.307. The number of hydrogen-bond donors (Lipinski definition) is 2. The van der Waals surface area contributed by atoms with Crippen LogP contribution in [0.5, 0.6) is 0 Å². The summed E-state index contributed by atoms with van der Waals surface area (Å²) >= 11 is 0. The molecule has 7 nitrogen and oxygen atoms in total. The Morgan fingerprint density at radius 2 is 2.11 bits per heavy atom. The highest BCUT2D eigenvalue weighted by atomic mass is 19.1. The molecule has 0 aliphatic rings. The van der Waals surface area contributed by atoms with Crippen LogP contribution >= 0.6 is 0 Å². The average molecular weight is 366 g/mol. The number of rotatable bonds is 6. The molecule has 1 aromatic carbocycles. The number of pyridine rings is 1. The molecule has 4 aromatic rings. The molecule has 0 fully saturated rings. The number of ether oxygens (including phenoxy) is 1. The van der Waals surface area contributed by atoms with Crippen LogP contribution < -0.4 is 5.32 Å². The third-order valence-corrected chi connectivity index (χ3v) is 4.38. The highest BCUT2D eigenvalue weighted by Crippen LogP contribution is 2.27. The van der Waals surface area contributed by atoms with Gasteiger partial charge in [-0.2, -0.15) is 0 Å². The lowest BCUT2D eigenvalue weighted by Crippen LogP contribution is -2.13. The third-order valence-electron chi connectivity index (χ3n) is 4.38. The van der Waals surface area contributed by atoms with Crippen LogP contribution in [0.4, 0.5) is 10.2 Å². The summed E-state index contributed by atoms with van der Waals surface area (Å²) in [6.45, 7) is 4.88. The van der Waals surface area contributed by atoms with Crippen LogP contribution in [0.25, 0.3) is 22.1 Å². The summed E-state index contributed by atoms with van der Waals surface area (Å²) in [6.07, 6.45) is 3.06. The maximum Gasteiger partial charge on any atom is 0.182 e. The van der Waals surface area contributed by atoms with Gasteiger partial charge in [0, 0.05) is 18.1 Å². The molecule has 0 aliphatic heterocycles. The van der Waals surface area contributed by atoms with Crippen LogP contribution in [0, 0.1) is 5.82 Å². The van der Waals surface area contributed by atoms with Gasteiger partial charge in [0.05, 0.1) is 30.2 Å². The Morgan fingerprint density at radius 3 is 2.96 bits per heavy atom. The summed E-state index contributed by atoms with van der Waals surface area (Å²) in [4.78, 5) is 20.3. The SMILES string of the molecule is CCOCc1nc2cc(F)ccc2cc1C(C)Nc1ncnc2nc[nH]c12. The Balaban J connectivity index is 1.73. The molecule has 0 bridgehead atoms. The molecule has 138 valence electrons. The van der Waals surface area contributed by atoms with Crippen LogP contribution in [0.1, 0.15) is 31.1 Å². The van der Waals surface area contributed by atoms with E-state index in [0.717, 1.165) is 22.2 Å². The van der Waals surface area contributed by atoms with E-state index in [0.29, 0.717) is 30.2 Å². The smallest absolute Gasteiger partial charge is 0.182 e. The van der Waals surface area contributed by atoms with Crippen molar-refractivity contribution < 1.29 is 9.13 Å². The number of H-pyrrole nitrogens is 1. The average Bonchev–Trinajstić information content (AvgIpc) is 3.15. The van der Waals surface area contributed by atoms with Gasteiger partial charge in [-0.25, -0.2) is 24.3 Å². The van der Waals surface area contributed by atoms with Crippen molar-refractivity contribution in [3.63, 3.8) is 0 Å². The third kappa shape index (κ3) is 3.43. The molecular weight excluding hydrogens is 347 g/mol. The summed E-state index contributed by atoms with van der Waals surface area (Å²) in [5, 5.41) is 4.26. The van der Waals surface area contributed by atoms with Crippen molar-refractivity contribution in [1.29, 1.82) is 0 Å². The summed E-state index contributed by atoms with van der Waals surface area (Å²) in [5.41, 5.74) is 3.69. The lowest BCUT2D eigenvalue weighted by molar-refractivity contribution is 0.130. The van der Waals surface area contributed by atoms with Gasteiger partial charge in [0.2, 0.25) is 0 Å². The maximum absolute atomic E-state index is 13.6. The summed E-state index contributed by atoms with van der Waals surface area (Å²) in [7, 11) is 0. The number of benzene rings is 1. The van der Waals surface area contributed by atoms with Crippen molar-refractivity contribution in [1.82, 2.24) is 24.9 Å². The van der Waals surface area contributed by atoms with Crippen molar-refractivity contribution in [2.24, 2.45) is 0 Å². The standard InChI is InChI=1S/C19H19FN6O/c1-3-27-8-16-14(6-12-4-5-13(20)7-15(12)26-16)11(2)25-19-17-18(22-9-21-17)23-10-24-19/h4-7,9-11H,3,8H2,1-2H3,(H2,21,22,23,24,25). The number of aromatic amines is 1. The zero-order valence-electron chi connectivity index (χ0n) is 15.0. The Morgan fingerprint density at radius 1 is 1.22 bits per heavy atom. The molecule has 4 rings (SSSR count). The molecule has 0 aliphatic carbocycles. The van der Waals surface area contributed by atoms with Crippen LogP contribution in [-0.2, 0) is 11.3 Å². The van der Waals surface area contributed by atoms with E-state index in [1.165, 1.54) is 18.5 Å². The van der Waals surface area contributed by atoms with Crippen molar-refractivity contribution >= 4 is 27.9 Å². The van der Waals surface area contributed by atoms with E-state index in [9.17, 15) is 4.39 Å². The van der Waals surface area contributed by atoms with E-state index in [1.54, 1.807) is 12.4 Å². The lowest BCUT2D eigenvalue weighted by Gasteiger charge is -2.19. The molecule has 1 unspecified atom stereocenters. The summed E-state index contributed by atoms with van der Waals surface area (Å²) in [6, 6.07) is 6.51. The molecule has 1 atom stereocenters. The number of nitrogens with one attached hydrogen (secondary N) is 2. The van der Waals surface area contributed by atoms with Gasteiger partial charge in [-0.3, -0.25) is 0 Å². The van der Waals surface area contributed by atoms with Gasteiger partial charge >= 0.3 is 0 Å². The van der Waals surface area contributed by atoms with Gasteiger partial charge < -0.3 is 15.0 Å². The van der Waals surface area contributed by atoms with E-state index >= 15 is 0 Å². The normalized spacial score (nSPS) is 12.6. The van der Waals surface area contributed by atoms with Crippen molar-refractivity contribution in [3.8, 4) is 0 Å². The molecule has 27 heavy (non-hydrogen) atoms. The highest BCUT2D eigenvalue weighted by molar-refractivity contribution is 5.83. The molecule has 0 amide bonds. The second-order valence-corrected chi connectivity index (χ2v) is 6.19. The number of anilines is 1. The van der Waals surface area contributed by atoms with Crippen LogP contribution in [0.15, 0.2) is 36.9 Å². The van der Waals surface area contributed by atoms with Gasteiger partial charge in [-0.15, -0.1) is 0 Å². The monoisotopic (exact) mass is 366 g/mol. The molecule has 3 aromatic heterocycles. The Labute approximate surface area is 155 Å². The second kappa shape index (κ2) is 7.24. The van der Waals surface area contributed by atoms with Crippen LogP contribution in [-0.4, -0.2) is 31.5 Å². The second-order valence-electron chi connectivity index (χ2n) is 6.19. The molecule has 0 saturated heterocycles. The van der Waals surface area contributed by atoms with Crippen LogP contribution in [0.3, 0.4) is 0 Å². The highest BCUT2D eigenvalue weighted by Gasteiger charge is 2.16. The molecular formula is C19H19FN6O. The molecule has 0 saturated carbocycles. The number of hydrogen-bond acceptors (Lipinski definition) is 6. The molecule has 0 spiro atoms. The van der Waals surface area contributed by atoms with Gasteiger partial charge in [0.1, 0.15) is 17.7 Å². The minimum absolute atomic E-state index is 0.108. The van der Waals surface area contributed by atoms with Gasteiger partial charge in [0.15, 0.2) is 11.5 Å². The first-order valence-corrected chi connectivity index (χ1v) is 8.73. The fraction of sp³-hybridized carbons (Fsp3) is 0.263. The van der Waals surface area contributed by atoms with Crippen molar-refractivity contribution in [3.05, 3.63) is 54.0 Å². The van der Waals surface area contributed by atoms with E-state index < -0.39 is 0 Å². The van der Waals surface area contributed by atoms with E-state index in [2.05, 4.69) is 30.2 Å². The zero-order valence-corrected chi connectivity index (χ0v) is 15.0. The molecule has 8 heteroatoms. The Bertz CT molecular complexity index is 1100. The topological polar surface area (TPSA) is 88.6 Å². The number of aromatic nitrogens is 5. The number of nitrogens with zero attached hydrogens (tertiary/aromatic N) is 4. The first-order chi connectivity index (χ1) is 13.2. The lowest BCUT2D eigenvalue weighted by atomic mass is 10.0. The Hall–Kier alpha value is -3.13. The number of halogens is 1. The Kier molecular flexibility index (Phi) is 4.64. The first kappa shape index (κ1) is 17.3. The first-order valence-electron chi connectivity index (χ1n) is 8.73. The van der Waals surface area contributed by atoms with Crippen LogP contribution in [0.2, 0.25) is 0 Å². The molecule has 0 radical (unpaired) electrons. The van der Waals surface area contributed by atoms with Gasteiger partial charge in [-0.1, -0.05) is 0 Å². The van der Waals surface area contributed by atoms with Gasteiger partial charge in [0.25, 0.3) is 0 Å².